The van der Waals surface area contributed by atoms with Gasteiger partial charge in [-0.3, -0.25) is 4.79 Å². The van der Waals surface area contributed by atoms with Crippen LogP contribution in [-0.4, -0.2) is 24.7 Å². The van der Waals surface area contributed by atoms with E-state index >= 15 is 0 Å². The van der Waals surface area contributed by atoms with Gasteiger partial charge in [0.1, 0.15) is 0 Å². The topological polar surface area (TPSA) is 26.3 Å². The molecule has 0 amide bonds. The van der Waals surface area contributed by atoms with Crippen molar-refractivity contribution in [3.05, 3.63) is 0 Å². The Kier molecular flexibility index (Phi) is 6.56. The van der Waals surface area contributed by atoms with Gasteiger partial charge in [0.05, 0.1) is 6.10 Å². The molecular formula is C10H17F3O2. The molecule has 0 aromatic rings. The first-order valence-corrected chi connectivity index (χ1v) is 5.05. The molecular weight excluding hydrogens is 209 g/mol. The number of hydrogen-bond donors (Lipinski definition) is 0. The molecule has 0 bridgehead atoms. The largest absolute Gasteiger partial charge is 0.449 e. The summed E-state index contributed by atoms with van der Waals surface area (Å²) in [5, 5.41) is 0. The van der Waals surface area contributed by atoms with E-state index in [4.69, 9.17) is 4.74 Å². The average molecular weight is 226 g/mol. The summed E-state index contributed by atoms with van der Waals surface area (Å²) < 4.78 is 40.5. The van der Waals surface area contributed by atoms with Gasteiger partial charge >= 0.3 is 6.18 Å². The van der Waals surface area contributed by atoms with Gasteiger partial charge in [0.2, 0.25) is 5.78 Å². The average Bonchev–Trinajstić information content (AvgIpc) is 2.08. The number of rotatable bonds is 7. The van der Waals surface area contributed by atoms with Crippen LogP contribution in [0.2, 0.25) is 0 Å². The van der Waals surface area contributed by atoms with Crippen molar-refractivity contribution in [1.82, 2.24) is 0 Å². The first-order valence-electron chi connectivity index (χ1n) is 5.05. The number of ketones is 1. The van der Waals surface area contributed by atoms with Crippen molar-refractivity contribution in [1.29, 1.82) is 0 Å². The summed E-state index contributed by atoms with van der Waals surface area (Å²) in [5.74, 6) is -1.63. The molecule has 0 N–H and O–H groups in total. The predicted molar refractivity (Wildman–Crippen MR) is 50.6 cm³/mol. The van der Waals surface area contributed by atoms with Crippen LogP contribution in [0.5, 0.6) is 0 Å². The molecule has 0 aliphatic heterocycles. The van der Waals surface area contributed by atoms with Crippen LogP contribution < -0.4 is 0 Å². The van der Waals surface area contributed by atoms with Crippen LogP contribution in [0.15, 0.2) is 0 Å². The highest BCUT2D eigenvalue weighted by molar-refractivity contribution is 5.83. The van der Waals surface area contributed by atoms with Crippen molar-refractivity contribution in [2.45, 2.75) is 51.8 Å². The smallest absolute Gasteiger partial charge is 0.379 e. The Labute approximate surface area is 87.8 Å². The van der Waals surface area contributed by atoms with E-state index in [1.807, 2.05) is 13.8 Å². The van der Waals surface area contributed by atoms with Gasteiger partial charge in [0.15, 0.2) is 0 Å². The zero-order chi connectivity index (χ0) is 11.9. The summed E-state index contributed by atoms with van der Waals surface area (Å²) in [4.78, 5) is 10.4. The molecule has 0 rings (SSSR count). The van der Waals surface area contributed by atoms with E-state index in [2.05, 4.69) is 0 Å². The van der Waals surface area contributed by atoms with Crippen LogP contribution in [0.25, 0.3) is 0 Å². The Balaban J connectivity index is 3.36. The number of ether oxygens (including phenoxy) is 1. The lowest BCUT2D eigenvalue weighted by Crippen LogP contribution is -2.22. The zero-order valence-electron chi connectivity index (χ0n) is 9.06. The molecule has 0 unspecified atom stereocenters. The van der Waals surface area contributed by atoms with E-state index < -0.39 is 18.4 Å². The van der Waals surface area contributed by atoms with Gasteiger partial charge in [0.25, 0.3) is 0 Å². The molecule has 0 aliphatic rings. The van der Waals surface area contributed by atoms with Gasteiger partial charge in [-0.05, 0) is 26.7 Å². The molecule has 0 saturated carbocycles. The molecule has 2 nitrogen and oxygen atoms in total. The van der Waals surface area contributed by atoms with E-state index in [1.54, 1.807) is 0 Å². The van der Waals surface area contributed by atoms with Crippen molar-refractivity contribution in [2.24, 2.45) is 0 Å². The minimum absolute atomic E-state index is 0.141. The summed E-state index contributed by atoms with van der Waals surface area (Å²) in [6.07, 6.45) is -3.38. The Morgan fingerprint density at radius 1 is 1.20 bits per heavy atom. The van der Waals surface area contributed by atoms with Crippen LogP contribution in [-0.2, 0) is 9.53 Å². The molecule has 15 heavy (non-hydrogen) atoms. The Bertz CT molecular complexity index is 188. The molecule has 0 aromatic heterocycles. The number of alkyl halides is 3. The van der Waals surface area contributed by atoms with E-state index in [-0.39, 0.29) is 12.5 Å². The first-order chi connectivity index (χ1) is 6.84. The molecule has 0 radical (unpaired) electrons. The monoisotopic (exact) mass is 226 g/mol. The number of unbranched alkanes of at least 4 members (excludes halogenated alkanes) is 2. The molecule has 0 spiro atoms. The van der Waals surface area contributed by atoms with Gasteiger partial charge in [-0.15, -0.1) is 0 Å². The zero-order valence-corrected chi connectivity index (χ0v) is 9.06. The third-order valence-corrected chi connectivity index (χ3v) is 1.82. The second-order valence-electron chi connectivity index (χ2n) is 3.65. The van der Waals surface area contributed by atoms with Crippen molar-refractivity contribution in [3.8, 4) is 0 Å². The van der Waals surface area contributed by atoms with Crippen molar-refractivity contribution in [3.63, 3.8) is 0 Å². The molecule has 5 heteroatoms. The second-order valence-corrected chi connectivity index (χ2v) is 3.65. The van der Waals surface area contributed by atoms with Crippen LogP contribution in [0.1, 0.15) is 39.5 Å². The fourth-order valence-corrected chi connectivity index (χ4v) is 1.03. The van der Waals surface area contributed by atoms with Crippen molar-refractivity contribution in [2.75, 3.05) is 6.61 Å². The molecule has 0 fully saturated rings. The van der Waals surface area contributed by atoms with Crippen molar-refractivity contribution >= 4 is 5.78 Å². The highest BCUT2D eigenvalue weighted by Crippen LogP contribution is 2.19. The van der Waals surface area contributed by atoms with Gasteiger partial charge in [-0.25, -0.2) is 0 Å². The molecule has 0 aliphatic carbocycles. The quantitative estimate of drug-likeness (QED) is 0.623. The molecule has 0 atom stereocenters. The van der Waals surface area contributed by atoms with E-state index in [9.17, 15) is 18.0 Å². The fourth-order valence-electron chi connectivity index (χ4n) is 1.03. The Morgan fingerprint density at radius 3 is 2.27 bits per heavy atom. The fraction of sp³-hybridized carbons (Fsp3) is 0.900. The van der Waals surface area contributed by atoms with E-state index in [0.29, 0.717) is 19.4 Å². The third-order valence-electron chi connectivity index (χ3n) is 1.82. The third kappa shape index (κ3) is 8.42. The van der Waals surface area contributed by atoms with Gasteiger partial charge in [-0.2, -0.15) is 13.2 Å². The van der Waals surface area contributed by atoms with Gasteiger partial charge < -0.3 is 4.74 Å². The lowest BCUT2D eigenvalue weighted by Gasteiger charge is -2.07. The predicted octanol–water partition coefficient (Wildman–Crippen LogP) is 3.10. The lowest BCUT2D eigenvalue weighted by molar-refractivity contribution is -0.171. The summed E-state index contributed by atoms with van der Waals surface area (Å²) in [7, 11) is 0. The van der Waals surface area contributed by atoms with Crippen LogP contribution in [0.4, 0.5) is 13.2 Å². The Morgan fingerprint density at radius 2 is 1.80 bits per heavy atom. The minimum atomic E-state index is -4.67. The lowest BCUT2D eigenvalue weighted by atomic mass is 10.1. The number of Topliss-reactive ketones (excluding diaryl/α,β-unsaturated/α-hetero) is 1. The van der Waals surface area contributed by atoms with Gasteiger partial charge in [0, 0.05) is 13.0 Å². The highest BCUT2D eigenvalue weighted by Gasteiger charge is 2.36. The van der Waals surface area contributed by atoms with Crippen LogP contribution in [0, 0.1) is 0 Å². The summed E-state index contributed by atoms with van der Waals surface area (Å²) in [6.45, 7) is 4.33. The minimum Gasteiger partial charge on any atom is -0.379 e. The SMILES string of the molecule is CC(C)OCCCCCC(=O)C(F)(F)F. The number of carbonyl (C=O) groups is 1. The first kappa shape index (κ1) is 14.4. The maximum Gasteiger partial charge on any atom is 0.449 e. The summed E-state index contributed by atoms with van der Waals surface area (Å²) >= 11 is 0. The molecule has 0 saturated heterocycles. The maximum absolute atomic E-state index is 11.8. The van der Waals surface area contributed by atoms with Crippen LogP contribution in [0.3, 0.4) is 0 Å². The maximum atomic E-state index is 11.8. The number of carbonyl (C=O) groups excluding carboxylic acids is 1. The van der Waals surface area contributed by atoms with E-state index in [1.165, 1.54) is 0 Å². The van der Waals surface area contributed by atoms with E-state index in [0.717, 1.165) is 0 Å². The molecule has 90 valence electrons. The van der Waals surface area contributed by atoms with Crippen LogP contribution >= 0.6 is 0 Å². The molecule has 0 heterocycles. The highest BCUT2D eigenvalue weighted by atomic mass is 19.4. The normalized spacial score (nSPS) is 12.1. The Hall–Kier alpha value is -0.580. The number of halogens is 3. The number of hydrogen-bond acceptors (Lipinski definition) is 2. The van der Waals surface area contributed by atoms with Crippen molar-refractivity contribution < 1.29 is 22.7 Å². The summed E-state index contributed by atoms with van der Waals surface area (Å²) in [5.41, 5.74) is 0. The second kappa shape index (κ2) is 6.82. The summed E-state index contributed by atoms with van der Waals surface area (Å²) in [6, 6.07) is 0. The van der Waals surface area contributed by atoms with Gasteiger partial charge in [-0.1, -0.05) is 6.42 Å². The standard InChI is InChI=1S/C10H17F3O2/c1-8(2)15-7-5-3-4-6-9(14)10(11,12)13/h8H,3-7H2,1-2H3. The molecule has 0 aromatic carbocycles.